The first-order valence-corrected chi connectivity index (χ1v) is 7.20. The smallest absolute Gasteiger partial charge is 0.255 e. The Morgan fingerprint density at radius 3 is 2.38 bits per heavy atom. The molecule has 0 aliphatic rings. The van der Waals surface area contributed by atoms with Gasteiger partial charge in [-0.05, 0) is 36.4 Å². The van der Waals surface area contributed by atoms with E-state index in [4.69, 9.17) is 21.1 Å². The minimum Gasteiger partial charge on any atom is -0.493 e. The highest BCUT2D eigenvalue weighted by molar-refractivity contribution is 9.10. The minimum absolute atomic E-state index is 0.278. The molecule has 2 aromatic carbocycles. The molecule has 21 heavy (non-hydrogen) atoms. The second-order valence-electron chi connectivity index (χ2n) is 4.15. The van der Waals surface area contributed by atoms with Crippen molar-refractivity contribution in [3.8, 4) is 11.5 Å². The summed E-state index contributed by atoms with van der Waals surface area (Å²) in [6, 6.07) is 10.4. The molecule has 4 nitrogen and oxygen atoms in total. The lowest BCUT2D eigenvalue weighted by Crippen LogP contribution is -2.12. The summed E-state index contributed by atoms with van der Waals surface area (Å²) in [5.74, 6) is 0.533. The van der Waals surface area contributed by atoms with Crippen molar-refractivity contribution in [3.63, 3.8) is 0 Å². The third-order valence-corrected chi connectivity index (χ3v) is 3.61. The largest absolute Gasteiger partial charge is 0.493 e. The number of ether oxygens (including phenoxy) is 2. The van der Waals surface area contributed by atoms with E-state index < -0.39 is 0 Å². The SMILES string of the molecule is COc1cc(C(=O)Nc2ccc(Br)cc2)cc(Cl)c1OC. The van der Waals surface area contributed by atoms with E-state index in [2.05, 4.69) is 21.2 Å². The summed E-state index contributed by atoms with van der Waals surface area (Å²) >= 11 is 9.43. The summed E-state index contributed by atoms with van der Waals surface area (Å²) in [6.45, 7) is 0. The molecule has 0 radical (unpaired) electrons. The molecule has 0 saturated heterocycles. The molecule has 110 valence electrons. The van der Waals surface area contributed by atoms with Crippen molar-refractivity contribution >= 4 is 39.1 Å². The van der Waals surface area contributed by atoms with Crippen LogP contribution in [0.25, 0.3) is 0 Å². The van der Waals surface area contributed by atoms with E-state index in [1.165, 1.54) is 20.3 Å². The Kier molecular flexibility index (Phi) is 5.09. The van der Waals surface area contributed by atoms with Crippen LogP contribution in [0.1, 0.15) is 10.4 Å². The summed E-state index contributed by atoms with van der Waals surface area (Å²) in [5.41, 5.74) is 1.08. The Labute approximate surface area is 136 Å². The number of carbonyl (C=O) groups excluding carboxylic acids is 1. The zero-order valence-corrected chi connectivity index (χ0v) is 13.8. The quantitative estimate of drug-likeness (QED) is 0.869. The predicted molar refractivity (Wildman–Crippen MR) is 86.7 cm³/mol. The van der Waals surface area contributed by atoms with Crippen molar-refractivity contribution < 1.29 is 14.3 Å². The number of hydrogen-bond donors (Lipinski definition) is 1. The van der Waals surface area contributed by atoms with Crippen LogP contribution in [0.15, 0.2) is 40.9 Å². The van der Waals surface area contributed by atoms with Crippen LogP contribution in [0, 0.1) is 0 Å². The average molecular weight is 371 g/mol. The standard InChI is InChI=1S/C15H13BrClNO3/c1-20-13-8-9(7-12(17)14(13)21-2)15(19)18-11-5-3-10(16)4-6-11/h3-8H,1-2H3,(H,18,19). The maximum Gasteiger partial charge on any atom is 0.255 e. The Morgan fingerprint density at radius 2 is 1.81 bits per heavy atom. The molecule has 0 atom stereocenters. The molecule has 0 spiro atoms. The van der Waals surface area contributed by atoms with Crippen LogP contribution in [0.3, 0.4) is 0 Å². The number of amides is 1. The Morgan fingerprint density at radius 1 is 1.14 bits per heavy atom. The number of nitrogens with one attached hydrogen (secondary N) is 1. The number of methoxy groups -OCH3 is 2. The normalized spacial score (nSPS) is 10.1. The molecule has 1 amide bonds. The van der Waals surface area contributed by atoms with Crippen molar-refractivity contribution in [2.24, 2.45) is 0 Å². The van der Waals surface area contributed by atoms with E-state index in [-0.39, 0.29) is 5.91 Å². The second-order valence-corrected chi connectivity index (χ2v) is 5.48. The van der Waals surface area contributed by atoms with E-state index in [1.54, 1.807) is 18.2 Å². The monoisotopic (exact) mass is 369 g/mol. The van der Waals surface area contributed by atoms with Gasteiger partial charge in [-0.1, -0.05) is 27.5 Å². The van der Waals surface area contributed by atoms with E-state index in [0.29, 0.717) is 27.8 Å². The fraction of sp³-hybridized carbons (Fsp3) is 0.133. The number of anilines is 1. The number of hydrogen-bond acceptors (Lipinski definition) is 3. The first-order valence-electron chi connectivity index (χ1n) is 6.03. The van der Waals surface area contributed by atoms with E-state index in [0.717, 1.165) is 4.47 Å². The molecule has 0 aliphatic carbocycles. The molecule has 0 fully saturated rings. The Hall–Kier alpha value is -1.72. The Balaban J connectivity index is 2.27. The Bertz CT molecular complexity index is 659. The molecule has 0 aromatic heterocycles. The first kappa shape index (κ1) is 15.7. The molecule has 1 N–H and O–H groups in total. The van der Waals surface area contributed by atoms with Crippen molar-refractivity contribution in [1.82, 2.24) is 0 Å². The minimum atomic E-state index is -0.278. The van der Waals surface area contributed by atoms with E-state index in [9.17, 15) is 4.79 Å². The van der Waals surface area contributed by atoms with Gasteiger partial charge in [-0.15, -0.1) is 0 Å². The summed E-state index contributed by atoms with van der Waals surface area (Å²) in [7, 11) is 2.98. The number of halogens is 2. The lowest BCUT2D eigenvalue weighted by Gasteiger charge is -2.12. The highest BCUT2D eigenvalue weighted by atomic mass is 79.9. The number of carbonyl (C=O) groups is 1. The van der Waals surface area contributed by atoms with Crippen molar-refractivity contribution in [2.75, 3.05) is 19.5 Å². The lowest BCUT2D eigenvalue weighted by molar-refractivity contribution is 0.102. The molecular weight excluding hydrogens is 358 g/mol. The molecule has 6 heteroatoms. The molecule has 2 aromatic rings. The average Bonchev–Trinajstić information content (AvgIpc) is 2.48. The van der Waals surface area contributed by atoms with Crippen molar-refractivity contribution in [3.05, 3.63) is 51.5 Å². The fourth-order valence-electron chi connectivity index (χ4n) is 1.79. The van der Waals surface area contributed by atoms with Crippen LogP contribution >= 0.6 is 27.5 Å². The van der Waals surface area contributed by atoms with Crippen LogP contribution in [-0.4, -0.2) is 20.1 Å². The van der Waals surface area contributed by atoms with Gasteiger partial charge in [0.25, 0.3) is 5.91 Å². The van der Waals surface area contributed by atoms with Crippen molar-refractivity contribution in [2.45, 2.75) is 0 Å². The van der Waals surface area contributed by atoms with Gasteiger partial charge in [0.1, 0.15) is 0 Å². The first-order chi connectivity index (χ1) is 10.0. The molecule has 0 bridgehead atoms. The van der Waals surface area contributed by atoms with E-state index in [1.807, 2.05) is 12.1 Å². The molecular formula is C15H13BrClNO3. The molecule has 0 saturated carbocycles. The number of benzene rings is 2. The van der Waals surface area contributed by atoms with Gasteiger partial charge < -0.3 is 14.8 Å². The molecule has 2 rings (SSSR count). The van der Waals surface area contributed by atoms with Gasteiger partial charge >= 0.3 is 0 Å². The van der Waals surface area contributed by atoms with Gasteiger partial charge in [0.05, 0.1) is 19.2 Å². The van der Waals surface area contributed by atoms with Gasteiger partial charge in [0.15, 0.2) is 11.5 Å². The van der Waals surface area contributed by atoms with Gasteiger partial charge in [0.2, 0.25) is 0 Å². The summed E-state index contributed by atoms with van der Waals surface area (Å²) in [4.78, 5) is 12.2. The van der Waals surface area contributed by atoms with Crippen LogP contribution in [0.2, 0.25) is 5.02 Å². The van der Waals surface area contributed by atoms with Crippen LogP contribution in [0.5, 0.6) is 11.5 Å². The third kappa shape index (κ3) is 3.68. The lowest BCUT2D eigenvalue weighted by atomic mass is 10.1. The molecule has 0 unspecified atom stereocenters. The fourth-order valence-corrected chi connectivity index (χ4v) is 2.34. The van der Waals surface area contributed by atoms with Crippen LogP contribution in [0.4, 0.5) is 5.69 Å². The zero-order chi connectivity index (χ0) is 15.4. The summed E-state index contributed by atoms with van der Waals surface area (Å²) in [6.07, 6.45) is 0. The van der Waals surface area contributed by atoms with Crippen LogP contribution in [-0.2, 0) is 0 Å². The van der Waals surface area contributed by atoms with E-state index >= 15 is 0 Å². The maximum absolute atomic E-state index is 12.2. The zero-order valence-electron chi connectivity index (χ0n) is 11.4. The molecule has 0 aliphatic heterocycles. The van der Waals surface area contributed by atoms with Gasteiger partial charge in [-0.2, -0.15) is 0 Å². The highest BCUT2D eigenvalue weighted by Crippen LogP contribution is 2.36. The second kappa shape index (κ2) is 6.83. The van der Waals surface area contributed by atoms with Gasteiger partial charge in [-0.3, -0.25) is 4.79 Å². The van der Waals surface area contributed by atoms with Gasteiger partial charge in [-0.25, -0.2) is 0 Å². The van der Waals surface area contributed by atoms with Crippen molar-refractivity contribution in [1.29, 1.82) is 0 Å². The van der Waals surface area contributed by atoms with Gasteiger partial charge in [0, 0.05) is 15.7 Å². The number of rotatable bonds is 4. The maximum atomic E-state index is 12.2. The third-order valence-electron chi connectivity index (χ3n) is 2.80. The summed E-state index contributed by atoms with van der Waals surface area (Å²) < 4.78 is 11.3. The molecule has 0 heterocycles. The summed E-state index contributed by atoms with van der Waals surface area (Å²) in [5, 5.41) is 3.10. The highest BCUT2D eigenvalue weighted by Gasteiger charge is 2.15. The topological polar surface area (TPSA) is 47.6 Å². The predicted octanol–water partition coefficient (Wildman–Crippen LogP) is 4.37. The van der Waals surface area contributed by atoms with Crippen LogP contribution < -0.4 is 14.8 Å².